The van der Waals surface area contributed by atoms with Crippen molar-refractivity contribution in [3.63, 3.8) is 0 Å². The second kappa shape index (κ2) is 8.87. The van der Waals surface area contributed by atoms with Gasteiger partial charge in [-0.15, -0.1) is 0 Å². The van der Waals surface area contributed by atoms with Gasteiger partial charge >= 0.3 is 0 Å². The minimum absolute atomic E-state index is 0.0882. The number of imidazole rings is 1. The number of benzene rings is 3. The number of halogens is 1. The zero-order chi connectivity index (χ0) is 22.9. The molecule has 3 aromatic carbocycles. The topological polar surface area (TPSA) is 38.1 Å². The van der Waals surface area contributed by atoms with Gasteiger partial charge in [0.2, 0.25) is 0 Å². The predicted molar refractivity (Wildman–Crippen MR) is 133 cm³/mol. The third-order valence-electron chi connectivity index (χ3n) is 6.42. The molecule has 33 heavy (non-hydrogen) atoms. The molecule has 0 fully saturated rings. The minimum atomic E-state index is 0.0882. The normalized spacial score (nSPS) is 13.3. The summed E-state index contributed by atoms with van der Waals surface area (Å²) in [6.45, 7) is 5.96. The molecule has 4 nitrogen and oxygen atoms in total. The first-order chi connectivity index (χ1) is 16.0. The molecule has 1 aromatic heterocycles. The van der Waals surface area contributed by atoms with Crippen LogP contribution in [0.3, 0.4) is 0 Å². The van der Waals surface area contributed by atoms with Crippen molar-refractivity contribution < 1.29 is 4.79 Å². The summed E-state index contributed by atoms with van der Waals surface area (Å²) in [5, 5.41) is 0.751. The quantitative estimate of drug-likeness (QED) is 0.366. The highest BCUT2D eigenvalue weighted by molar-refractivity contribution is 6.31. The Morgan fingerprint density at radius 1 is 0.939 bits per heavy atom. The standard InChI is InChI=1S/C28H26ClN3O/c1-19-14-21(8-9-27(19)29)17-32-12-10-24-25(23-6-4-3-5-7-23)15-22(16-26(24)28(32)33)18-31-13-11-30-20(31)2/h3-9,11,13-16H,10,12,17-18H2,1-2H3. The van der Waals surface area contributed by atoms with E-state index in [2.05, 4.69) is 39.9 Å². The van der Waals surface area contributed by atoms with Crippen LogP contribution in [0.4, 0.5) is 0 Å². The molecule has 5 heteroatoms. The van der Waals surface area contributed by atoms with Crippen molar-refractivity contribution in [2.24, 2.45) is 0 Å². The smallest absolute Gasteiger partial charge is 0.254 e. The van der Waals surface area contributed by atoms with Gasteiger partial charge in [0.05, 0.1) is 0 Å². The van der Waals surface area contributed by atoms with E-state index < -0.39 is 0 Å². The number of aromatic nitrogens is 2. The van der Waals surface area contributed by atoms with Crippen molar-refractivity contribution in [2.45, 2.75) is 33.4 Å². The van der Waals surface area contributed by atoms with Gasteiger partial charge in [0.15, 0.2) is 0 Å². The lowest BCUT2D eigenvalue weighted by Gasteiger charge is -2.31. The van der Waals surface area contributed by atoms with Gasteiger partial charge in [0, 0.05) is 42.6 Å². The fraction of sp³-hybridized carbons (Fsp3) is 0.214. The SMILES string of the molecule is Cc1cc(CN2CCc3c(cc(Cn4ccnc4C)cc3-c3ccccc3)C2=O)ccc1Cl. The molecule has 0 radical (unpaired) electrons. The van der Waals surface area contributed by atoms with Crippen LogP contribution >= 0.6 is 11.6 Å². The number of amides is 1. The summed E-state index contributed by atoms with van der Waals surface area (Å²) >= 11 is 6.19. The van der Waals surface area contributed by atoms with Gasteiger partial charge < -0.3 is 9.47 Å². The van der Waals surface area contributed by atoms with Gasteiger partial charge in [-0.25, -0.2) is 4.98 Å². The van der Waals surface area contributed by atoms with Gasteiger partial charge in [-0.2, -0.15) is 0 Å². The van der Waals surface area contributed by atoms with Crippen LogP contribution in [0.5, 0.6) is 0 Å². The number of nitrogens with zero attached hydrogens (tertiary/aromatic N) is 3. The van der Waals surface area contributed by atoms with E-state index in [0.29, 0.717) is 19.6 Å². The first-order valence-electron chi connectivity index (χ1n) is 11.2. The largest absolute Gasteiger partial charge is 0.334 e. The second-order valence-electron chi connectivity index (χ2n) is 8.70. The minimum Gasteiger partial charge on any atom is -0.334 e. The number of hydrogen-bond acceptors (Lipinski definition) is 2. The van der Waals surface area contributed by atoms with Gasteiger partial charge in [-0.05, 0) is 71.8 Å². The van der Waals surface area contributed by atoms with Crippen molar-refractivity contribution >= 4 is 17.5 Å². The summed E-state index contributed by atoms with van der Waals surface area (Å²) in [7, 11) is 0. The molecular formula is C28H26ClN3O. The Morgan fingerprint density at radius 2 is 1.73 bits per heavy atom. The van der Waals surface area contributed by atoms with Crippen molar-refractivity contribution in [3.8, 4) is 11.1 Å². The molecule has 0 saturated heterocycles. The average Bonchev–Trinajstić information content (AvgIpc) is 3.22. The molecule has 0 N–H and O–H groups in total. The van der Waals surface area contributed by atoms with Crippen LogP contribution in [-0.4, -0.2) is 26.9 Å². The summed E-state index contributed by atoms with van der Waals surface area (Å²) in [5.41, 5.74) is 7.47. The maximum atomic E-state index is 13.7. The van der Waals surface area contributed by atoms with Gasteiger partial charge in [-0.3, -0.25) is 4.79 Å². The highest BCUT2D eigenvalue weighted by Crippen LogP contribution is 2.33. The Morgan fingerprint density at radius 3 is 2.45 bits per heavy atom. The molecule has 2 heterocycles. The number of hydrogen-bond donors (Lipinski definition) is 0. The number of carbonyl (C=O) groups excluding carboxylic acids is 1. The fourth-order valence-electron chi connectivity index (χ4n) is 4.62. The molecule has 0 atom stereocenters. The highest BCUT2D eigenvalue weighted by atomic mass is 35.5. The molecular weight excluding hydrogens is 430 g/mol. The molecule has 0 saturated carbocycles. The van der Waals surface area contributed by atoms with E-state index >= 15 is 0 Å². The number of aryl methyl sites for hydroxylation is 2. The highest BCUT2D eigenvalue weighted by Gasteiger charge is 2.27. The number of carbonyl (C=O) groups is 1. The summed E-state index contributed by atoms with van der Waals surface area (Å²) < 4.78 is 2.11. The van der Waals surface area contributed by atoms with E-state index in [1.54, 1.807) is 0 Å². The summed E-state index contributed by atoms with van der Waals surface area (Å²) in [6.07, 6.45) is 4.63. The summed E-state index contributed by atoms with van der Waals surface area (Å²) in [4.78, 5) is 20.0. The van der Waals surface area contributed by atoms with E-state index in [9.17, 15) is 4.79 Å². The molecule has 0 aliphatic carbocycles. The van der Waals surface area contributed by atoms with E-state index in [1.807, 2.05) is 61.5 Å². The average molecular weight is 456 g/mol. The molecule has 1 aliphatic heterocycles. The van der Waals surface area contributed by atoms with Gasteiger partial charge in [0.25, 0.3) is 5.91 Å². The van der Waals surface area contributed by atoms with Crippen molar-refractivity contribution in [3.05, 3.63) is 112 Å². The van der Waals surface area contributed by atoms with Crippen molar-refractivity contribution in [1.82, 2.24) is 14.5 Å². The zero-order valence-electron chi connectivity index (χ0n) is 18.9. The predicted octanol–water partition coefficient (Wildman–Crippen LogP) is 6.07. The van der Waals surface area contributed by atoms with E-state index in [0.717, 1.165) is 56.2 Å². The van der Waals surface area contributed by atoms with Crippen LogP contribution < -0.4 is 0 Å². The Balaban J connectivity index is 1.53. The van der Waals surface area contributed by atoms with E-state index in [1.165, 1.54) is 0 Å². The van der Waals surface area contributed by atoms with Crippen LogP contribution in [0, 0.1) is 13.8 Å². The molecule has 4 aromatic rings. The van der Waals surface area contributed by atoms with Crippen LogP contribution in [0.15, 0.2) is 73.1 Å². The van der Waals surface area contributed by atoms with Gasteiger partial charge in [-0.1, -0.05) is 54.1 Å². The molecule has 166 valence electrons. The van der Waals surface area contributed by atoms with E-state index in [4.69, 9.17) is 11.6 Å². The van der Waals surface area contributed by atoms with Crippen LogP contribution in [0.2, 0.25) is 5.02 Å². The summed E-state index contributed by atoms with van der Waals surface area (Å²) in [5.74, 6) is 1.05. The second-order valence-corrected chi connectivity index (χ2v) is 9.11. The third-order valence-corrected chi connectivity index (χ3v) is 6.84. The molecule has 1 aliphatic rings. The molecule has 1 amide bonds. The van der Waals surface area contributed by atoms with Crippen LogP contribution in [0.1, 0.15) is 38.4 Å². The van der Waals surface area contributed by atoms with Crippen LogP contribution in [-0.2, 0) is 19.5 Å². The van der Waals surface area contributed by atoms with Crippen molar-refractivity contribution in [2.75, 3.05) is 6.54 Å². The first-order valence-corrected chi connectivity index (χ1v) is 11.6. The Hall–Kier alpha value is -3.37. The molecule has 5 rings (SSSR count). The lowest BCUT2D eigenvalue weighted by molar-refractivity contribution is 0.0727. The molecule has 0 unspecified atom stereocenters. The monoisotopic (exact) mass is 455 g/mol. The lowest BCUT2D eigenvalue weighted by atomic mass is 9.88. The van der Waals surface area contributed by atoms with E-state index in [-0.39, 0.29) is 5.91 Å². The Labute approximate surface area is 199 Å². The third kappa shape index (κ3) is 4.31. The molecule has 0 spiro atoms. The van der Waals surface area contributed by atoms with Crippen LogP contribution in [0.25, 0.3) is 11.1 Å². The fourth-order valence-corrected chi connectivity index (χ4v) is 4.74. The zero-order valence-corrected chi connectivity index (χ0v) is 19.6. The maximum absolute atomic E-state index is 13.7. The Bertz CT molecular complexity index is 1330. The summed E-state index contributed by atoms with van der Waals surface area (Å²) in [6, 6.07) is 20.7. The Kier molecular flexibility index (Phi) is 5.77. The molecule has 0 bridgehead atoms. The first kappa shape index (κ1) is 21.5. The lowest BCUT2D eigenvalue weighted by Crippen LogP contribution is -2.37. The van der Waals surface area contributed by atoms with Gasteiger partial charge in [0.1, 0.15) is 5.82 Å². The number of fused-ring (bicyclic) bond motifs is 1. The maximum Gasteiger partial charge on any atom is 0.254 e. The van der Waals surface area contributed by atoms with Crippen molar-refractivity contribution in [1.29, 1.82) is 0 Å². The number of rotatable bonds is 5.